The number of rotatable bonds is 29. The predicted octanol–water partition coefficient (Wildman–Crippen LogP) is -0.650. The summed E-state index contributed by atoms with van der Waals surface area (Å²) in [4.78, 5) is 61.4. The van der Waals surface area contributed by atoms with Gasteiger partial charge in [-0.2, -0.15) is 15.0 Å². The maximum absolute atomic E-state index is 14.1. The van der Waals surface area contributed by atoms with Crippen molar-refractivity contribution in [3.63, 3.8) is 0 Å². The van der Waals surface area contributed by atoms with Crippen molar-refractivity contribution >= 4 is 35.6 Å². The monoisotopic (exact) mass is 954 g/mol. The smallest absolute Gasteiger partial charge is 0.303 e. The number of aliphatic carboxylic acids is 1. The van der Waals surface area contributed by atoms with Gasteiger partial charge in [-0.1, -0.05) is 43.0 Å². The lowest BCUT2D eigenvalue weighted by Crippen LogP contribution is -2.53. The maximum atomic E-state index is 14.1. The Kier molecular flexibility index (Phi) is 21.5. The molecule has 2 amide bonds. The number of nitrogens with two attached hydrogens (primary N) is 3. The molecule has 1 unspecified atom stereocenters. The van der Waals surface area contributed by atoms with Crippen LogP contribution < -0.4 is 32.3 Å². The SMILES string of the molecule is C#CCOCCOCCOCCNc1nc(N2CCN(C(=O)C([C@@H](C)O)n3cc([C@@H](N)CCCCN)nn3)CC2)nc(N2CCN(C(=O)[C@H](CCC(=O)O)n3cc([C@@H](N)[C@H](C)CC)nn3)CC2)n1. The minimum absolute atomic E-state index is 0.0328. The normalized spacial score (nSPS) is 17.0. The molecule has 0 aromatic carbocycles. The van der Waals surface area contributed by atoms with Gasteiger partial charge in [-0.25, -0.2) is 9.36 Å². The predicted molar refractivity (Wildman–Crippen MR) is 250 cm³/mol. The molecule has 3 aromatic heterocycles. The Hall–Kier alpha value is -5.62. The summed E-state index contributed by atoms with van der Waals surface area (Å²) in [5, 5.41) is 40.4. The Morgan fingerprint density at radius 1 is 0.794 bits per heavy atom. The average molecular weight is 954 g/mol. The molecule has 376 valence electrons. The third kappa shape index (κ3) is 15.5. The van der Waals surface area contributed by atoms with E-state index in [2.05, 4.69) is 31.9 Å². The zero-order valence-corrected chi connectivity index (χ0v) is 39.6. The van der Waals surface area contributed by atoms with Crippen molar-refractivity contribution < 1.29 is 38.8 Å². The molecule has 25 heteroatoms. The summed E-state index contributed by atoms with van der Waals surface area (Å²) in [5.74, 6) is 2.06. The van der Waals surface area contributed by atoms with E-state index in [9.17, 15) is 24.6 Å². The fraction of sp³-hybridized carbons (Fsp3) is 0.721. The quantitative estimate of drug-likeness (QED) is 0.0372. The van der Waals surface area contributed by atoms with Crippen LogP contribution in [0.25, 0.3) is 0 Å². The van der Waals surface area contributed by atoms with Crippen LogP contribution in [0.1, 0.15) is 94.9 Å². The molecular weight excluding hydrogens is 883 g/mol. The number of aliphatic hydroxyl groups excluding tert-OH is 1. The van der Waals surface area contributed by atoms with E-state index in [1.807, 2.05) is 23.6 Å². The van der Waals surface area contributed by atoms with Crippen molar-refractivity contribution in [1.29, 1.82) is 0 Å². The van der Waals surface area contributed by atoms with E-state index in [1.165, 1.54) is 9.36 Å². The van der Waals surface area contributed by atoms with Crippen molar-refractivity contribution in [3.05, 3.63) is 23.8 Å². The van der Waals surface area contributed by atoms with Crippen molar-refractivity contribution in [1.82, 2.24) is 54.7 Å². The molecule has 0 spiro atoms. The van der Waals surface area contributed by atoms with E-state index in [4.69, 9.17) is 52.8 Å². The lowest BCUT2D eigenvalue weighted by Gasteiger charge is -2.38. The van der Waals surface area contributed by atoms with E-state index in [1.54, 1.807) is 29.1 Å². The Balaban J connectivity index is 1.25. The summed E-state index contributed by atoms with van der Waals surface area (Å²) >= 11 is 0. The summed E-state index contributed by atoms with van der Waals surface area (Å²) in [5.41, 5.74) is 19.5. The van der Waals surface area contributed by atoms with Gasteiger partial charge in [-0.15, -0.1) is 16.6 Å². The second-order valence-corrected chi connectivity index (χ2v) is 17.0. The van der Waals surface area contributed by atoms with Crippen LogP contribution in [0.4, 0.5) is 17.8 Å². The largest absolute Gasteiger partial charge is 0.481 e. The molecular formula is C43H71N17O8. The van der Waals surface area contributed by atoms with Gasteiger partial charge < -0.3 is 66.5 Å². The van der Waals surface area contributed by atoms with Crippen LogP contribution in [0.15, 0.2) is 12.4 Å². The second kappa shape index (κ2) is 27.4. The molecule has 2 fully saturated rings. The highest BCUT2D eigenvalue weighted by atomic mass is 16.5. The number of ether oxygens (including phenoxy) is 3. The number of carbonyl (C=O) groups is 3. The molecule has 6 atom stereocenters. The standard InChI is InChI=1S/C43H71N17O8/c1-5-22-66-24-26-68-27-25-67-23-13-47-41-48-42(57-18-14-55(15-19-57)39(64)35(10-11-36(62)63)59-29-34(52-53-59)37(46)30(3)6-2)50-43(49-41)58-20-16-56(17-21-58)40(65)38(31(4)61)60-28-33(51-54-60)32(45)9-7-8-12-44/h1,28-32,35,37-38,61H,6-27,44-46H2,2-4H3,(H,62,63)(H,47,48,49,50)/t30-,31-,32+,35+,37+,38?/m1/s1. The number of carboxylic acids is 1. The number of aliphatic hydroxyl groups is 1. The van der Waals surface area contributed by atoms with Crippen molar-refractivity contribution in [2.45, 2.75) is 89.6 Å². The van der Waals surface area contributed by atoms with Crippen LogP contribution in [0.3, 0.4) is 0 Å². The molecule has 0 bridgehead atoms. The van der Waals surface area contributed by atoms with Gasteiger partial charge in [-0.05, 0) is 38.6 Å². The first kappa shape index (κ1) is 53.3. The van der Waals surface area contributed by atoms with Gasteiger partial charge >= 0.3 is 5.97 Å². The Morgan fingerprint density at radius 2 is 1.37 bits per heavy atom. The highest BCUT2D eigenvalue weighted by Gasteiger charge is 2.35. The van der Waals surface area contributed by atoms with Gasteiger partial charge in [0.05, 0.1) is 75.0 Å². The molecule has 0 saturated carbocycles. The first-order chi connectivity index (χ1) is 32.8. The summed E-state index contributed by atoms with van der Waals surface area (Å²) in [6, 6.07) is -2.63. The number of carbonyl (C=O) groups excluding carboxylic acids is 2. The van der Waals surface area contributed by atoms with Crippen LogP contribution in [-0.2, 0) is 28.6 Å². The highest BCUT2D eigenvalue weighted by molar-refractivity contribution is 5.82. The molecule has 0 radical (unpaired) electrons. The van der Waals surface area contributed by atoms with Gasteiger partial charge in [-0.3, -0.25) is 14.4 Å². The van der Waals surface area contributed by atoms with Crippen molar-refractivity contribution in [3.8, 4) is 12.3 Å². The third-order valence-corrected chi connectivity index (χ3v) is 12.1. The number of carboxylic acid groups (broad SMARTS) is 1. The van der Waals surface area contributed by atoms with E-state index in [0.717, 1.165) is 19.3 Å². The molecule has 2 aliphatic heterocycles. The Bertz CT molecular complexity index is 2050. The van der Waals surface area contributed by atoms with Crippen LogP contribution in [-0.4, -0.2) is 194 Å². The molecule has 0 aliphatic carbocycles. The van der Waals surface area contributed by atoms with Crippen molar-refractivity contribution in [2.24, 2.45) is 23.1 Å². The van der Waals surface area contributed by atoms with Gasteiger partial charge in [0.25, 0.3) is 0 Å². The maximum Gasteiger partial charge on any atom is 0.303 e. The number of unbranched alkanes of at least 4 members (excludes halogenated alkanes) is 1. The zero-order valence-electron chi connectivity index (χ0n) is 39.6. The van der Waals surface area contributed by atoms with E-state index < -0.39 is 24.2 Å². The number of piperazine rings is 2. The van der Waals surface area contributed by atoms with Gasteiger partial charge in [0.1, 0.15) is 12.6 Å². The molecule has 2 aliphatic rings. The Morgan fingerprint density at radius 3 is 1.96 bits per heavy atom. The number of hydrogen-bond donors (Lipinski definition) is 6. The topological polar surface area (TPSA) is 322 Å². The zero-order chi connectivity index (χ0) is 49.0. The lowest BCUT2D eigenvalue weighted by molar-refractivity contribution is -0.140. The Labute approximate surface area is 397 Å². The van der Waals surface area contributed by atoms with Crippen LogP contribution in [0.2, 0.25) is 0 Å². The van der Waals surface area contributed by atoms with E-state index >= 15 is 0 Å². The van der Waals surface area contributed by atoms with Crippen LogP contribution >= 0.6 is 0 Å². The van der Waals surface area contributed by atoms with E-state index in [0.29, 0.717) is 134 Å². The number of nitrogens with one attached hydrogen (secondary N) is 1. The lowest BCUT2D eigenvalue weighted by atomic mass is 9.98. The second-order valence-electron chi connectivity index (χ2n) is 17.0. The third-order valence-electron chi connectivity index (χ3n) is 12.1. The number of terminal acetylenes is 1. The van der Waals surface area contributed by atoms with Crippen molar-refractivity contribution in [2.75, 3.05) is 120 Å². The van der Waals surface area contributed by atoms with Gasteiger partial charge in [0.2, 0.25) is 29.7 Å². The summed E-state index contributed by atoms with van der Waals surface area (Å²) in [6.07, 6.45) is 10.4. The van der Waals surface area contributed by atoms with E-state index in [-0.39, 0.29) is 49.3 Å². The number of anilines is 3. The first-order valence-corrected chi connectivity index (χ1v) is 23.5. The summed E-state index contributed by atoms with van der Waals surface area (Å²) in [6.45, 7) is 11.5. The minimum atomic E-state index is -1.06. The summed E-state index contributed by atoms with van der Waals surface area (Å²) in [7, 11) is 0. The molecule has 2 saturated heterocycles. The number of aromatic nitrogens is 9. The number of amides is 2. The minimum Gasteiger partial charge on any atom is -0.481 e. The molecule has 3 aromatic rings. The fourth-order valence-corrected chi connectivity index (χ4v) is 7.74. The van der Waals surface area contributed by atoms with Gasteiger partial charge in [0, 0.05) is 65.3 Å². The molecule has 5 heterocycles. The number of hydrogen-bond acceptors (Lipinski definition) is 20. The highest BCUT2D eigenvalue weighted by Crippen LogP contribution is 2.26. The summed E-state index contributed by atoms with van der Waals surface area (Å²) < 4.78 is 19.3. The molecule has 68 heavy (non-hydrogen) atoms. The number of nitrogens with zero attached hydrogens (tertiary/aromatic N) is 13. The van der Waals surface area contributed by atoms with Crippen LogP contribution in [0, 0.1) is 18.3 Å². The molecule has 9 N–H and O–H groups in total. The molecule has 5 rings (SSSR count). The molecule has 25 nitrogen and oxygen atoms in total. The average Bonchev–Trinajstić information content (AvgIpc) is 4.04. The van der Waals surface area contributed by atoms with Gasteiger partial charge in [0.15, 0.2) is 6.04 Å². The first-order valence-electron chi connectivity index (χ1n) is 23.5. The van der Waals surface area contributed by atoms with Crippen LogP contribution in [0.5, 0.6) is 0 Å². The fourth-order valence-electron chi connectivity index (χ4n) is 7.74.